The minimum atomic E-state index is -0.445. The van der Waals surface area contributed by atoms with Crippen LogP contribution in [-0.4, -0.2) is 34.5 Å². The van der Waals surface area contributed by atoms with Gasteiger partial charge >= 0.3 is 0 Å². The number of carbonyl (C=O) groups excluding carboxylic acids is 1. The molecule has 110 valence electrons. The molecule has 1 unspecified atom stereocenters. The van der Waals surface area contributed by atoms with Crippen LogP contribution in [0.5, 0.6) is 0 Å². The van der Waals surface area contributed by atoms with Crippen molar-refractivity contribution in [3.05, 3.63) is 39.9 Å². The van der Waals surface area contributed by atoms with Crippen LogP contribution in [-0.2, 0) is 4.79 Å². The lowest BCUT2D eigenvalue weighted by atomic mass is 10.1. The Morgan fingerprint density at radius 3 is 2.75 bits per heavy atom. The van der Waals surface area contributed by atoms with E-state index < -0.39 is 4.92 Å². The molecule has 0 spiro atoms. The summed E-state index contributed by atoms with van der Waals surface area (Å²) < 4.78 is 0. The van der Waals surface area contributed by atoms with Crippen molar-refractivity contribution < 1.29 is 14.8 Å². The molecular weight excluding hydrogens is 260 g/mol. The van der Waals surface area contributed by atoms with Gasteiger partial charge in [-0.3, -0.25) is 14.9 Å². The van der Waals surface area contributed by atoms with Crippen molar-refractivity contribution in [2.24, 2.45) is 0 Å². The topological polar surface area (TPSA) is 83.7 Å². The Labute approximate surface area is 118 Å². The molecule has 0 saturated carbocycles. The van der Waals surface area contributed by atoms with E-state index in [2.05, 4.69) is 0 Å². The molecule has 20 heavy (non-hydrogen) atoms. The van der Waals surface area contributed by atoms with E-state index in [0.29, 0.717) is 19.3 Å². The summed E-state index contributed by atoms with van der Waals surface area (Å²) in [5.41, 5.74) is 0.757. The van der Waals surface area contributed by atoms with Crippen molar-refractivity contribution in [1.29, 1.82) is 0 Å². The number of aliphatic hydroxyl groups is 1. The normalized spacial score (nSPS) is 11.9. The quantitative estimate of drug-likeness (QED) is 0.472. The summed E-state index contributed by atoms with van der Waals surface area (Å²) in [5.74, 6) is -0.0301. The lowest BCUT2D eigenvalue weighted by molar-refractivity contribution is -0.384. The number of nitrogens with zero attached hydrogens (tertiary/aromatic N) is 2. The second-order valence-corrected chi connectivity index (χ2v) is 4.71. The van der Waals surface area contributed by atoms with E-state index in [1.165, 1.54) is 12.1 Å². The summed E-state index contributed by atoms with van der Waals surface area (Å²) in [7, 11) is 1.69. The highest BCUT2D eigenvalue weighted by Crippen LogP contribution is 2.23. The standard InChI is InChI=1S/C14H20N2O4/c1-11(15(2)14(18)8-3-4-9-17)12-6-5-7-13(10-12)16(19)20/h5-7,10-11,17H,3-4,8-9H2,1-2H3. The predicted octanol–water partition coefficient (Wildman–Crippen LogP) is 2.28. The van der Waals surface area contributed by atoms with Crippen LogP contribution in [0.15, 0.2) is 24.3 Å². The van der Waals surface area contributed by atoms with Crippen molar-refractivity contribution in [3.8, 4) is 0 Å². The number of nitro groups is 1. The first-order valence-electron chi connectivity index (χ1n) is 6.58. The zero-order valence-corrected chi connectivity index (χ0v) is 11.8. The highest BCUT2D eigenvalue weighted by molar-refractivity contribution is 5.76. The molecule has 0 radical (unpaired) electrons. The molecule has 6 nitrogen and oxygen atoms in total. The van der Waals surface area contributed by atoms with Crippen LogP contribution in [0, 0.1) is 10.1 Å². The van der Waals surface area contributed by atoms with Crippen LogP contribution in [0.4, 0.5) is 5.69 Å². The van der Waals surface area contributed by atoms with Gasteiger partial charge in [0, 0.05) is 32.2 Å². The first-order valence-corrected chi connectivity index (χ1v) is 6.58. The number of benzene rings is 1. The Morgan fingerprint density at radius 2 is 2.15 bits per heavy atom. The zero-order valence-electron chi connectivity index (χ0n) is 11.8. The van der Waals surface area contributed by atoms with E-state index in [9.17, 15) is 14.9 Å². The summed E-state index contributed by atoms with van der Waals surface area (Å²) in [6.45, 7) is 1.92. The van der Waals surface area contributed by atoms with Gasteiger partial charge in [0.2, 0.25) is 5.91 Å². The Bertz CT molecular complexity index is 476. The van der Waals surface area contributed by atoms with E-state index >= 15 is 0 Å². The third-order valence-electron chi connectivity index (χ3n) is 3.34. The Kier molecular flexibility index (Phi) is 6.11. The molecule has 0 heterocycles. The van der Waals surface area contributed by atoms with Gasteiger partial charge in [0.25, 0.3) is 5.69 Å². The van der Waals surface area contributed by atoms with Crippen LogP contribution in [0.25, 0.3) is 0 Å². The number of aliphatic hydroxyl groups excluding tert-OH is 1. The van der Waals surface area contributed by atoms with Gasteiger partial charge in [-0.15, -0.1) is 0 Å². The summed E-state index contributed by atoms with van der Waals surface area (Å²) in [5, 5.41) is 19.5. The molecule has 1 aromatic carbocycles. The Balaban J connectivity index is 2.73. The molecule has 1 aromatic rings. The van der Waals surface area contributed by atoms with Crippen molar-refractivity contribution in [2.45, 2.75) is 32.2 Å². The molecule has 0 bridgehead atoms. The maximum atomic E-state index is 12.0. The fraction of sp³-hybridized carbons (Fsp3) is 0.500. The van der Waals surface area contributed by atoms with Gasteiger partial charge in [-0.25, -0.2) is 0 Å². The van der Waals surface area contributed by atoms with E-state index in [4.69, 9.17) is 5.11 Å². The largest absolute Gasteiger partial charge is 0.396 e. The van der Waals surface area contributed by atoms with Gasteiger partial charge in [0.1, 0.15) is 0 Å². The molecule has 0 aromatic heterocycles. The Hall–Kier alpha value is -1.95. The van der Waals surface area contributed by atoms with E-state index in [0.717, 1.165) is 5.56 Å². The molecule has 0 aliphatic carbocycles. The lowest BCUT2D eigenvalue weighted by Crippen LogP contribution is -2.29. The van der Waals surface area contributed by atoms with Gasteiger partial charge in [-0.1, -0.05) is 12.1 Å². The average Bonchev–Trinajstić information content (AvgIpc) is 2.45. The van der Waals surface area contributed by atoms with Crippen LogP contribution < -0.4 is 0 Å². The molecule has 1 N–H and O–H groups in total. The first-order chi connectivity index (χ1) is 9.47. The van der Waals surface area contributed by atoms with E-state index in [1.807, 2.05) is 6.92 Å². The van der Waals surface area contributed by atoms with Crippen molar-refractivity contribution in [1.82, 2.24) is 4.90 Å². The summed E-state index contributed by atoms with van der Waals surface area (Å²) in [6, 6.07) is 6.08. The van der Waals surface area contributed by atoms with Gasteiger partial charge in [0.05, 0.1) is 11.0 Å². The van der Waals surface area contributed by atoms with Gasteiger partial charge in [-0.05, 0) is 25.3 Å². The van der Waals surface area contributed by atoms with Crippen LogP contribution in [0.2, 0.25) is 0 Å². The number of amides is 1. The van der Waals surface area contributed by atoms with Gasteiger partial charge in [-0.2, -0.15) is 0 Å². The van der Waals surface area contributed by atoms with Crippen LogP contribution >= 0.6 is 0 Å². The SMILES string of the molecule is CC(c1cccc([N+](=O)[O-])c1)N(C)C(=O)CCCCO. The zero-order chi connectivity index (χ0) is 15.1. The maximum Gasteiger partial charge on any atom is 0.269 e. The number of nitro benzene ring substituents is 1. The van der Waals surface area contributed by atoms with Crippen molar-refractivity contribution in [3.63, 3.8) is 0 Å². The number of carbonyl (C=O) groups is 1. The molecular formula is C14H20N2O4. The Morgan fingerprint density at radius 1 is 1.45 bits per heavy atom. The van der Waals surface area contributed by atoms with Crippen LogP contribution in [0.1, 0.15) is 37.8 Å². The summed E-state index contributed by atoms with van der Waals surface area (Å²) in [6.07, 6.45) is 1.61. The highest BCUT2D eigenvalue weighted by atomic mass is 16.6. The fourth-order valence-electron chi connectivity index (χ4n) is 1.90. The second kappa shape index (κ2) is 7.59. The molecule has 0 fully saturated rings. The average molecular weight is 280 g/mol. The van der Waals surface area contributed by atoms with Crippen molar-refractivity contribution in [2.75, 3.05) is 13.7 Å². The summed E-state index contributed by atoms with van der Waals surface area (Å²) >= 11 is 0. The van der Waals surface area contributed by atoms with Crippen LogP contribution in [0.3, 0.4) is 0 Å². The van der Waals surface area contributed by atoms with E-state index in [1.54, 1.807) is 24.1 Å². The number of rotatable bonds is 7. The fourth-order valence-corrected chi connectivity index (χ4v) is 1.90. The minimum Gasteiger partial charge on any atom is -0.396 e. The third kappa shape index (κ3) is 4.31. The van der Waals surface area contributed by atoms with Gasteiger partial charge < -0.3 is 10.0 Å². The molecule has 1 rings (SSSR count). The molecule has 1 atom stereocenters. The lowest BCUT2D eigenvalue weighted by Gasteiger charge is -2.25. The number of hydrogen-bond acceptors (Lipinski definition) is 4. The minimum absolute atomic E-state index is 0.0236. The maximum absolute atomic E-state index is 12.0. The monoisotopic (exact) mass is 280 g/mol. The number of non-ortho nitro benzene ring substituents is 1. The molecule has 0 aliphatic heterocycles. The summed E-state index contributed by atoms with van der Waals surface area (Å²) in [4.78, 5) is 23.9. The molecule has 0 saturated heterocycles. The number of unbranched alkanes of at least 4 members (excludes halogenated alkanes) is 1. The predicted molar refractivity (Wildman–Crippen MR) is 75.2 cm³/mol. The smallest absolute Gasteiger partial charge is 0.269 e. The first kappa shape index (κ1) is 16.1. The molecule has 1 amide bonds. The highest BCUT2D eigenvalue weighted by Gasteiger charge is 2.18. The number of hydrogen-bond donors (Lipinski definition) is 1. The molecule has 0 aliphatic rings. The second-order valence-electron chi connectivity index (χ2n) is 4.71. The van der Waals surface area contributed by atoms with E-state index in [-0.39, 0.29) is 24.2 Å². The van der Waals surface area contributed by atoms with Gasteiger partial charge in [0.15, 0.2) is 0 Å². The third-order valence-corrected chi connectivity index (χ3v) is 3.34. The van der Waals surface area contributed by atoms with Crippen molar-refractivity contribution >= 4 is 11.6 Å². The molecule has 6 heteroatoms.